The molecule has 2 aromatic heterocycles. The number of aromatic nitrogens is 2. The minimum absolute atomic E-state index is 0.0199. The Morgan fingerprint density at radius 2 is 1.82 bits per heavy atom. The Morgan fingerprint density at radius 3 is 2.68 bits per heavy atom. The summed E-state index contributed by atoms with van der Waals surface area (Å²) in [6.07, 6.45) is 1.89. The summed E-state index contributed by atoms with van der Waals surface area (Å²) in [5, 5.41) is 5.90. The van der Waals surface area contributed by atoms with E-state index in [-0.39, 0.29) is 5.91 Å². The van der Waals surface area contributed by atoms with Crippen molar-refractivity contribution in [3.05, 3.63) is 94.5 Å². The second-order valence-electron chi connectivity index (χ2n) is 8.76. The highest BCUT2D eigenvalue weighted by atomic mass is 35.5. The Balaban J connectivity index is 1.39. The molecule has 0 atom stereocenters. The number of aryl methyl sites for hydroxylation is 3. The molecule has 4 nitrogen and oxygen atoms in total. The summed E-state index contributed by atoms with van der Waals surface area (Å²) in [4.78, 5) is 21.0. The number of nitrogens with one attached hydrogen (secondary N) is 2. The van der Waals surface area contributed by atoms with Crippen molar-refractivity contribution in [2.45, 2.75) is 33.1 Å². The van der Waals surface area contributed by atoms with Crippen molar-refractivity contribution >= 4 is 45.0 Å². The van der Waals surface area contributed by atoms with Crippen LogP contribution < -0.4 is 5.32 Å². The number of carbonyl (C=O) groups is 1. The average Bonchev–Trinajstić information content (AvgIpc) is 3.19. The van der Waals surface area contributed by atoms with Crippen molar-refractivity contribution in [3.63, 3.8) is 0 Å². The molecule has 0 saturated carbocycles. The van der Waals surface area contributed by atoms with E-state index < -0.39 is 0 Å². The number of pyridine rings is 1. The Labute approximate surface area is 204 Å². The number of fused-ring (bicyclic) bond motifs is 2. The maximum Gasteiger partial charge on any atom is 0.224 e. The van der Waals surface area contributed by atoms with Gasteiger partial charge in [0.25, 0.3) is 0 Å². The predicted molar refractivity (Wildman–Crippen MR) is 142 cm³/mol. The molecule has 2 heterocycles. The third-order valence-electron chi connectivity index (χ3n) is 6.34. The fourth-order valence-electron chi connectivity index (χ4n) is 4.37. The van der Waals surface area contributed by atoms with Gasteiger partial charge in [0, 0.05) is 33.4 Å². The third-order valence-corrected chi connectivity index (χ3v) is 6.58. The molecule has 0 radical (unpaired) electrons. The van der Waals surface area contributed by atoms with Crippen molar-refractivity contribution < 1.29 is 4.79 Å². The number of rotatable bonds is 6. The lowest BCUT2D eigenvalue weighted by Crippen LogP contribution is -2.11. The number of aromatic amines is 1. The van der Waals surface area contributed by atoms with E-state index in [1.807, 2.05) is 60.7 Å². The van der Waals surface area contributed by atoms with E-state index in [0.717, 1.165) is 57.3 Å². The van der Waals surface area contributed by atoms with Crippen LogP contribution in [0.1, 0.15) is 29.5 Å². The number of halogens is 1. The van der Waals surface area contributed by atoms with Crippen LogP contribution in [0.4, 0.5) is 5.69 Å². The van der Waals surface area contributed by atoms with Gasteiger partial charge >= 0.3 is 0 Å². The number of carbonyl (C=O) groups excluding carboxylic acids is 1. The van der Waals surface area contributed by atoms with Gasteiger partial charge in [-0.1, -0.05) is 41.9 Å². The van der Waals surface area contributed by atoms with Crippen LogP contribution in [0.15, 0.2) is 72.8 Å². The minimum atomic E-state index is 0.0199. The largest absolute Gasteiger partial charge is 0.353 e. The van der Waals surface area contributed by atoms with Crippen LogP contribution in [0.3, 0.4) is 0 Å². The van der Waals surface area contributed by atoms with Crippen molar-refractivity contribution in [1.29, 1.82) is 0 Å². The Kier molecular flexibility index (Phi) is 6.08. The molecule has 0 spiro atoms. The van der Waals surface area contributed by atoms with E-state index in [9.17, 15) is 4.79 Å². The first-order valence-corrected chi connectivity index (χ1v) is 11.9. The minimum Gasteiger partial charge on any atom is -0.353 e. The second kappa shape index (κ2) is 9.32. The molecule has 0 aliphatic carbocycles. The summed E-state index contributed by atoms with van der Waals surface area (Å²) in [6, 6.07) is 24.1. The topological polar surface area (TPSA) is 57.8 Å². The number of benzene rings is 3. The predicted octanol–water partition coefficient (Wildman–Crippen LogP) is 7.61. The van der Waals surface area contributed by atoms with Crippen molar-refractivity contribution in [3.8, 4) is 11.4 Å². The van der Waals surface area contributed by atoms with Gasteiger partial charge in [-0.05, 0) is 85.8 Å². The van der Waals surface area contributed by atoms with E-state index in [1.54, 1.807) is 0 Å². The molecule has 0 saturated heterocycles. The van der Waals surface area contributed by atoms with Crippen LogP contribution in [0.2, 0.25) is 5.02 Å². The molecule has 1 amide bonds. The summed E-state index contributed by atoms with van der Waals surface area (Å²) < 4.78 is 0. The highest BCUT2D eigenvalue weighted by molar-refractivity contribution is 6.31. The first-order valence-electron chi connectivity index (χ1n) is 11.5. The van der Waals surface area contributed by atoms with Gasteiger partial charge in [0.05, 0.1) is 16.9 Å². The molecule has 0 aliphatic rings. The van der Waals surface area contributed by atoms with Crippen LogP contribution in [0, 0.1) is 13.8 Å². The Bertz CT molecular complexity index is 1520. The van der Waals surface area contributed by atoms with Gasteiger partial charge in [-0.25, -0.2) is 4.98 Å². The zero-order valence-corrected chi connectivity index (χ0v) is 20.0. The van der Waals surface area contributed by atoms with E-state index in [4.69, 9.17) is 16.6 Å². The van der Waals surface area contributed by atoms with Gasteiger partial charge < -0.3 is 10.3 Å². The molecule has 5 heteroatoms. The highest BCUT2D eigenvalue weighted by Crippen LogP contribution is 2.33. The van der Waals surface area contributed by atoms with Crippen molar-refractivity contribution in [2.75, 3.05) is 5.32 Å². The maximum atomic E-state index is 12.6. The molecule has 5 aromatic rings. The second-order valence-corrected chi connectivity index (χ2v) is 9.19. The normalized spacial score (nSPS) is 11.3. The quantitative estimate of drug-likeness (QED) is 0.270. The van der Waals surface area contributed by atoms with Gasteiger partial charge in [0.1, 0.15) is 0 Å². The highest BCUT2D eigenvalue weighted by Gasteiger charge is 2.16. The molecule has 0 unspecified atom stereocenters. The molecule has 34 heavy (non-hydrogen) atoms. The molecule has 0 fully saturated rings. The number of nitrogens with zero attached hydrogens (tertiary/aromatic N) is 1. The van der Waals surface area contributed by atoms with Gasteiger partial charge in [-0.3, -0.25) is 4.79 Å². The fraction of sp³-hybridized carbons (Fsp3) is 0.172. The van der Waals surface area contributed by atoms with Crippen LogP contribution in [-0.4, -0.2) is 15.9 Å². The monoisotopic (exact) mass is 467 g/mol. The number of para-hydroxylation sites is 1. The summed E-state index contributed by atoms with van der Waals surface area (Å²) in [6.45, 7) is 4.12. The molecule has 0 bridgehead atoms. The summed E-state index contributed by atoms with van der Waals surface area (Å²) >= 11 is 6.33. The SMILES string of the molecule is Cc1ccc(NC(=O)CCCc2c(-c3ccc4ccccc4n3)[nH]c3ccc(Cl)cc23)cc1C. The van der Waals surface area contributed by atoms with Crippen molar-refractivity contribution in [1.82, 2.24) is 9.97 Å². The number of hydrogen-bond donors (Lipinski definition) is 2. The van der Waals surface area contributed by atoms with Crippen LogP contribution in [0.25, 0.3) is 33.2 Å². The molecule has 2 N–H and O–H groups in total. The van der Waals surface area contributed by atoms with E-state index in [0.29, 0.717) is 11.4 Å². The lowest BCUT2D eigenvalue weighted by molar-refractivity contribution is -0.116. The Hall–Kier alpha value is -3.63. The van der Waals surface area contributed by atoms with Gasteiger partial charge in [-0.2, -0.15) is 0 Å². The van der Waals surface area contributed by atoms with E-state index in [1.165, 1.54) is 11.1 Å². The standard InChI is InChI=1S/C29H26ClN3O/c1-18-10-13-22(16-19(18)2)31-28(34)9-5-7-23-24-17-21(30)12-15-26(24)33-29(23)27-14-11-20-6-3-4-8-25(20)32-27/h3-4,6,8,10-17,33H,5,7,9H2,1-2H3,(H,31,34). The maximum absolute atomic E-state index is 12.6. The first-order chi connectivity index (χ1) is 16.5. The Morgan fingerprint density at radius 1 is 0.971 bits per heavy atom. The number of anilines is 1. The first kappa shape index (κ1) is 22.2. The molecule has 3 aromatic carbocycles. The zero-order chi connectivity index (χ0) is 23.7. The molecular weight excluding hydrogens is 442 g/mol. The zero-order valence-electron chi connectivity index (χ0n) is 19.3. The van der Waals surface area contributed by atoms with Crippen molar-refractivity contribution in [2.24, 2.45) is 0 Å². The van der Waals surface area contributed by atoms with Crippen LogP contribution in [-0.2, 0) is 11.2 Å². The molecule has 5 rings (SSSR count). The fourth-order valence-corrected chi connectivity index (χ4v) is 4.54. The van der Waals surface area contributed by atoms with Gasteiger partial charge in [0.15, 0.2) is 0 Å². The number of hydrogen-bond acceptors (Lipinski definition) is 2. The molecular formula is C29H26ClN3O. The smallest absolute Gasteiger partial charge is 0.224 e. The number of amides is 1. The van der Waals surface area contributed by atoms with Crippen LogP contribution in [0.5, 0.6) is 0 Å². The lowest BCUT2D eigenvalue weighted by Gasteiger charge is -2.09. The average molecular weight is 468 g/mol. The number of H-pyrrole nitrogens is 1. The summed E-state index contributed by atoms with van der Waals surface area (Å²) in [5.41, 5.74) is 8.21. The van der Waals surface area contributed by atoms with Crippen LogP contribution >= 0.6 is 11.6 Å². The third kappa shape index (κ3) is 4.55. The molecule has 170 valence electrons. The lowest BCUT2D eigenvalue weighted by atomic mass is 10.0. The van der Waals surface area contributed by atoms with E-state index in [2.05, 4.69) is 36.3 Å². The van der Waals surface area contributed by atoms with Gasteiger partial charge in [-0.15, -0.1) is 0 Å². The summed E-state index contributed by atoms with van der Waals surface area (Å²) in [5.74, 6) is 0.0199. The van der Waals surface area contributed by atoms with Gasteiger partial charge in [0.2, 0.25) is 5.91 Å². The summed E-state index contributed by atoms with van der Waals surface area (Å²) in [7, 11) is 0. The van der Waals surface area contributed by atoms with E-state index >= 15 is 0 Å². The molecule has 0 aliphatic heterocycles.